The quantitative estimate of drug-likeness (QED) is 0.853. The largest absolute Gasteiger partial charge is 0.434 e. The Labute approximate surface area is 100.0 Å². The molecular formula is C9H11F3N4S. The Bertz CT molecular complexity index is 426. The number of hydrogen-bond acceptors (Lipinski definition) is 5. The molecule has 8 heteroatoms. The second kappa shape index (κ2) is 4.52. The van der Waals surface area contributed by atoms with Gasteiger partial charge in [0.15, 0.2) is 11.7 Å². The molecule has 0 saturated carbocycles. The second-order valence-electron chi connectivity index (χ2n) is 3.71. The minimum Gasteiger partial charge on any atom is -0.352 e. The van der Waals surface area contributed by atoms with Gasteiger partial charge in [-0.25, -0.2) is 4.98 Å². The van der Waals surface area contributed by atoms with Gasteiger partial charge in [-0.15, -0.1) is 11.3 Å². The first-order valence-electron chi connectivity index (χ1n) is 5.01. The molecule has 2 heterocycles. The summed E-state index contributed by atoms with van der Waals surface area (Å²) in [5.41, 5.74) is -0.839. The summed E-state index contributed by atoms with van der Waals surface area (Å²) in [6, 6.07) is 0.263. The van der Waals surface area contributed by atoms with E-state index in [-0.39, 0.29) is 12.6 Å². The number of aliphatic imine (C=N–C) groups is 1. The lowest BCUT2D eigenvalue weighted by Crippen LogP contribution is -2.37. The Morgan fingerprint density at radius 2 is 2.35 bits per heavy atom. The van der Waals surface area contributed by atoms with Crippen LogP contribution in [0.5, 0.6) is 0 Å². The third-order valence-corrected chi connectivity index (χ3v) is 3.00. The van der Waals surface area contributed by atoms with Crippen molar-refractivity contribution in [3.63, 3.8) is 0 Å². The molecule has 2 rings (SSSR count). The summed E-state index contributed by atoms with van der Waals surface area (Å²) in [6.07, 6.45) is -4.37. The van der Waals surface area contributed by atoms with Gasteiger partial charge in [-0.05, 0) is 6.92 Å². The van der Waals surface area contributed by atoms with Crippen LogP contribution in [0.3, 0.4) is 0 Å². The molecule has 1 aliphatic rings. The van der Waals surface area contributed by atoms with Crippen molar-refractivity contribution in [3.8, 4) is 0 Å². The predicted molar refractivity (Wildman–Crippen MR) is 58.9 cm³/mol. The number of halogens is 3. The number of nitrogens with one attached hydrogen (secondary N) is 2. The van der Waals surface area contributed by atoms with E-state index in [0.717, 1.165) is 16.7 Å². The van der Waals surface area contributed by atoms with Crippen LogP contribution in [-0.4, -0.2) is 23.5 Å². The molecule has 1 aromatic heterocycles. The topological polar surface area (TPSA) is 49.3 Å². The summed E-state index contributed by atoms with van der Waals surface area (Å²) in [7, 11) is 0. The van der Waals surface area contributed by atoms with Gasteiger partial charge < -0.3 is 10.6 Å². The van der Waals surface area contributed by atoms with E-state index in [2.05, 4.69) is 20.6 Å². The van der Waals surface area contributed by atoms with Crippen LogP contribution in [0.25, 0.3) is 0 Å². The van der Waals surface area contributed by atoms with Crippen LogP contribution >= 0.6 is 11.3 Å². The lowest BCUT2D eigenvalue weighted by molar-refractivity contribution is -0.140. The molecule has 17 heavy (non-hydrogen) atoms. The van der Waals surface area contributed by atoms with Crippen molar-refractivity contribution in [1.82, 2.24) is 15.6 Å². The van der Waals surface area contributed by atoms with Crippen LogP contribution in [0.2, 0.25) is 0 Å². The Hall–Kier alpha value is -1.31. The van der Waals surface area contributed by atoms with Crippen molar-refractivity contribution in [2.75, 3.05) is 6.54 Å². The van der Waals surface area contributed by atoms with E-state index in [1.165, 1.54) is 0 Å². The fourth-order valence-corrected chi connectivity index (χ4v) is 2.08. The normalized spacial score (nSPS) is 20.0. The first-order valence-corrected chi connectivity index (χ1v) is 5.89. The minimum atomic E-state index is -4.37. The maximum Gasteiger partial charge on any atom is 0.434 e. The minimum absolute atomic E-state index is 0.249. The van der Waals surface area contributed by atoms with E-state index in [0.29, 0.717) is 17.5 Å². The fraction of sp³-hybridized carbons (Fsp3) is 0.556. The van der Waals surface area contributed by atoms with Crippen molar-refractivity contribution in [2.45, 2.75) is 25.7 Å². The van der Waals surface area contributed by atoms with Crippen LogP contribution in [-0.2, 0) is 12.7 Å². The first kappa shape index (κ1) is 12.2. The van der Waals surface area contributed by atoms with Crippen molar-refractivity contribution in [2.24, 2.45) is 4.99 Å². The van der Waals surface area contributed by atoms with Crippen LogP contribution in [0, 0.1) is 0 Å². The van der Waals surface area contributed by atoms with Gasteiger partial charge in [0.05, 0.1) is 13.1 Å². The van der Waals surface area contributed by atoms with Crippen LogP contribution in [0.15, 0.2) is 10.4 Å². The molecule has 2 N–H and O–H groups in total. The third kappa shape index (κ3) is 3.09. The van der Waals surface area contributed by atoms with Gasteiger partial charge in [0, 0.05) is 11.4 Å². The average molecular weight is 264 g/mol. The van der Waals surface area contributed by atoms with Gasteiger partial charge in [0.25, 0.3) is 0 Å². The molecule has 1 unspecified atom stereocenters. The van der Waals surface area contributed by atoms with Crippen LogP contribution < -0.4 is 10.6 Å². The highest BCUT2D eigenvalue weighted by molar-refractivity contribution is 7.09. The van der Waals surface area contributed by atoms with Crippen molar-refractivity contribution in [1.29, 1.82) is 0 Å². The summed E-state index contributed by atoms with van der Waals surface area (Å²) in [4.78, 5) is 7.65. The lowest BCUT2D eigenvalue weighted by atomic mass is 10.4. The van der Waals surface area contributed by atoms with E-state index in [4.69, 9.17) is 0 Å². The zero-order valence-corrected chi connectivity index (χ0v) is 9.82. The van der Waals surface area contributed by atoms with E-state index in [1.54, 1.807) is 0 Å². The van der Waals surface area contributed by atoms with Crippen LogP contribution in [0.1, 0.15) is 17.6 Å². The summed E-state index contributed by atoms with van der Waals surface area (Å²) in [5.74, 6) is 0.612. The lowest BCUT2D eigenvalue weighted by Gasteiger charge is -2.06. The summed E-state index contributed by atoms with van der Waals surface area (Å²) in [5, 5.41) is 7.37. The smallest absolute Gasteiger partial charge is 0.352 e. The molecule has 0 fully saturated rings. The van der Waals surface area contributed by atoms with E-state index in [9.17, 15) is 13.2 Å². The molecule has 1 aromatic rings. The maximum atomic E-state index is 12.3. The highest BCUT2D eigenvalue weighted by Gasteiger charge is 2.33. The van der Waals surface area contributed by atoms with Gasteiger partial charge in [-0.2, -0.15) is 13.2 Å². The summed E-state index contributed by atoms with van der Waals surface area (Å²) < 4.78 is 36.8. The van der Waals surface area contributed by atoms with Crippen molar-refractivity contribution >= 4 is 17.3 Å². The number of rotatable bonds is 2. The molecule has 94 valence electrons. The highest BCUT2D eigenvalue weighted by atomic mass is 32.1. The van der Waals surface area contributed by atoms with Gasteiger partial charge in [0.2, 0.25) is 0 Å². The molecule has 1 aliphatic heterocycles. The average Bonchev–Trinajstić information content (AvgIpc) is 2.82. The molecule has 0 saturated heterocycles. The monoisotopic (exact) mass is 264 g/mol. The van der Waals surface area contributed by atoms with Crippen molar-refractivity contribution < 1.29 is 13.2 Å². The standard InChI is InChI=1S/C9H11F3N4S/c1-5-2-13-8(15-5)14-3-7-16-6(4-17-7)9(10,11)12/h4-5H,2-3H2,1H3,(H2,13,14,15). The highest BCUT2D eigenvalue weighted by Crippen LogP contribution is 2.29. The fourth-order valence-electron chi connectivity index (χ4n) is 1.34. The van der Waals surface area contributed by atoms with E-state index < -0.39 is 11.9 Å². The van der Waals surface area contributed by atoms with Gasteiger partial charge in [-0.3, -0.25) is 4.99 Å². The number of nitrogens with zero attached hydrogens (tertiary/aromatic N) is 2. The molecule has 1 atom stereocenters. The Morgan fingerprint density at radius 1 is 1.59 bits per heavy atom. The zero-order chi connectivity index (χ0) is 12.5. The molecule has 0 amide bonds. The molecule has 0 aromatic carbocycles. The van der Waals surface area contributed by atoms with Gasteiger partial charge >= 0.3 is 6.18 Å². The molecule has 0 spiro atoms. The number of guanidine groups is 1. The summed E-state index contributed by atoms with van der Waals surface area (Å²) >= 11 is 0.984. The first-order chi connectivity index (χ1) is 7.95. The predicted octanol–water partition coefficient (Wildman–Crippen LogP) is 1.60. The number of thiazole rings is 1. The molecule has 0 bridgehead atoms. The molecule has 4 nitrogen and oxygen atoms in total. The molecule has 0 radical (unpaired) electrons. The van der Waals surface area contributed by atoms with Gasteiger partial charge in [-0.1, -0.05) is 0 Å². The molecular weight excluding hydrogens is 253 g/mol. The number of hydrogen-bond donors (Lipinski definition) is 2. The van der Waals surface area contributed by atoms with Crippen molar-refractivity contribution in [3.05, 3.63) is 16.1 Å². The maximum absolute atomic E-state index is 12.3. The third-order valence-electron chi connectivity index (χ3n) is 2.16. The SMILES string of the molecule is CC1CN=C(NCc2nc(C(F)(F)F)cs2)N1. The number of alkyl halides is 3. The molecule has 0 aliphatic carbocycles. The van der Waals surface area contributed by atoms with Crippen LogP contribution in [0.4, 0.5) is 13.2 Å². The van der Waals surface area contributed by atoms with E-state index >= 15 is 0 Å². The second-order valence-corrected chi connectivity index (χ2v) is 4.66. The Morgan fingerprint density at radius 3 is 2.88 bits per heavy atom. The number of aromatic nitrogens is 1. The Balaban J connectivity index is 1.90. The summed E-state index contributed by atoms with van der Waals surface area (Å²) in [6.45, 7) is 2.90. The van der Waals surface area contributed by atoms with Gasteiger partial charge in [0.1, 0.15) is 5.01 Å². The Kier molecular flexibility index (Phi) is 3.23. The zero-order valence-electron chi connectivity index (χ0n) is 9.01. The van der Waals surface area contributed by atoms with E-state index in [1.807, 2.05) is 6.92 Å².